The molecule has 0 saturated carbocycles. The SMILES string of the molecule is CNC(=O)[C@@H]1Cc2ccccc2CN1C(=O)CC1NC(=O)N(c2ccc(OC)cc2)C1=O. The summed E-state index contributed by atoms with van der Waals surface area (Å²) in [7, 11) is 3.05. The van der Waals surface area contributed by atoms with E-state index in [9.17, 15) is 19.2 Å². The van der Waals surface area contributed by atoms with Crippen molar-refractivity contribution in [2.24, 2.45) is 0 Å². The highest BCUT2D eigenvalue weighted by Gasteiger charge is 2.42. The summed E-state index contributed by atoms with van der Waals surface area (Å²) in [5, 5.41) is 5.20. The van der Waals surface area contributed by atoms with E-state index in [1.54, 1.807) is 24.3 Å². The number of carbonyl (C=O) groups is 4. The maximum Gasteiger partial charge on any atom is 0.329 e. The van der Waals surface area contributed by atoms with Gasteiger partial charge in [-0.05, 0) is 35.4 Å². The number of hydrogen-bond acceptors (Lipinski definition) is 5. The van der Waals surface area contributed by atoms with E-state index in [-0.39, 0.29) is 24.8 Å². The van der Waals surface area contributed by atoms with E-state index in [4.69, 9.17) is 4.74 Å². The summed E-state index contributed by atoms with van der Waals surface area (Å²) in [6.45, 7) is 0.268. The van der Waals surface area contributed by atoms with E-state index in [1.807, 2.05) is 24.3 Å². The molecule has 0 radical (unpaired) electrons. The second-order valence-electron chi connectivity index (χ2n) is 7.70. The highest BCUT2D eigenvalue weighted by atomic mass is 16.5. The number of benzene rings is 2. The Hall–Kier alpha value is -3.88. The summed E-state index contributed by atoms with van der Waals surface area (Å²) in [4.78, 5) is 53.5. The molecule has 32 heavy (non-hydrogen) atoms. The van der Waals surface area contributed by atoms with E-state index >= 15 is 0 Å². The number of fused-ring (bicyclic) bond motifs is 1. The number of likely N-dealkylation sites (N-methyl/N-ethyl adjacent to an activating group) is 1. The zero-order valence-corrected chi connectivity index (χ0v) is 17.8. The minimum Gasteiger partial charge on any atom is -0.497 e. The average Bonchev–Trinajstić information content (AvgIpc) is 3.10. The lowest BCUT2D eigenvalue weighted by Gasteiger charge is -2.36. The van der Waals surface area contributed by atoms with E-state index in [1.165, 1.54) is 19.1 Å². The Labute approximate surface area is 185 Å². The van der Waals surface area contributed by atoms with Crippen molar-refractivity contribution in [3.05, 3.63) is 59.7 Å². The van der Waals surface area contributed by atoms with Crippen molar-refractivity contribution in [2.45, 2.75) is 31.5 Å². The predicted octanol–water partition coefficient (Wildman–Crippen LogP) is 1.21. The third kappa shape index (κ3) is 3.89. The van der Waals surface area contributed by atoms with Crippen LogP contribution in [0.25, 0.3) is 0 Å². The molecule has 5 amide bonds. The quantitative estimate of drug-likeness (QED) is 0.685. The summed E-state index contributed by atoms with van der Waals surface area (Å²) in [5.41, 5.74) is 2.36. The second kappa shape index (κ2) is 8.70. The Bertz CT molecular complexity index is 1070. The summed E-state index contributed by atoms with van der Waals surface area (Å²) in [5.74, 6) is -0.557. The van der Waals surface area contributed by atoms with Crippen LogP contribution in [0.3, 0.4) is 0 Å². The predicted molar refractivity (Wildman–Crippen MR) is 116 cm³/mol. The number of hydrogen-bond donors (Lipinski definition) is 2. The van der Waals surface area contributed by atoms with Gasteiger partial charge in [0, 0.05) is 20.0 Å². The van der Waals surface area contributed by atoms with Gasteiger partial charge >= 0.3 is 6.03 Å². The lowest BCUT2D eigenvalue weighted by molar-refractivity contribution is -0.142. The molecule has 9 heteroatoms. The minimum absolute atomic E-state index is 0.229. The monoisotopic (exact) mass is 436 g/mol. The number of imide groups is 1. The normalized spacial score (nSPS) is 19.9. The average molecular weight is 436 g/mol. The van der Waals surface area contributed by atoms with Crippen LogP contribution >= 0.6 is 0 Å². The van der Waals surface area contributed by atoms with Crippen LogP contribution in [-0.2, 0) is 27.3 Å². The smallest absolute Gasteiger partial charge is 0.329 e. The maximum absolute atomic E-state index is 13.2. The number of methoxy groups -OCH3 is 1. The van der Waals surface area contributed by atoms with Gasteiger partial charge < -0.3 is 20.3 Å². The molecule has 0 spiro atoms. The van der Waals surface area contributed by atoms with Gasteiger partial charge in [0.1, 0.15) is 17.8 Å². The van der Waals surface area contributed by atoms with Crippen LogP contribution in [0.15, 0.2) is 48.5 Å². The molecule has 2 aromatic rings. The first-order chi connectivity index (χ1) is 15.4. The molecule has 4 rings (SSSR count). The molecule has 0 aliphatic carbocycles. The van der Waals surface area contributed by atoms with E-state index < -0.39 is 24.0 Å². The van der Waals surface area contributed by atoms with Gasteiger partial charge in [0.2, 0.25) is 11.8 Å². The van der Waals surface area contributed by atoms with E-state index in [2.05, 4.69) is 10.6 Å². The van der Waals surface area contributed by atoms with Crippen LogP contribution in [0.1, 0.15) is 17.5 Å². The topological polar surface area (TPSA) is 108 Å². The van der Waals surface area contributed by atoms with Crippen molar-refractivity contribution >= 4 is 29.4 Å². The minimum atomic E-state index is -1.00. The van der Waals surface area contributed by atoms with Crippen LogP contribution in [0.4, 0.5) is 10.5 Å². The molecule has 1 fully saturated rings. The number of amides is 5. The molecule has 1 saturated heterocycles. The number of nitrogens with one attached hydrogen (secondary N) is 2. The van der Waals surface area contributed by atoms with Gasteiger partial charge in [-0.25, -0.2) is 9.69 Å². The van der Waals surface area contributed by atoms with E-state index in [0.29, 0.717) is 17.9 Å². The van der Waals surface area contributed by atoms with Gasteiger partial charge in [-0.15, -0.1) is 0 Å². The van der Waals surface area contributed by atoms with Crippen molar-refractivity contribution < 1.29 is 23.9 Å². The number of ether oxygens (including phenoxy) is 1. The van der Waals surface area contributed by atoms with Gasteiger partial charge in [-0.2, -0.15) is 0 Å². The molecule has 2 atom stereocenters. The first-order valence-corrected chi connectivity index (χ1v) is 10.3. The van der Waals surface area contributed by atoms with Crippen molar-refractivity contribution in [2.75, 3.05) is 19.1 Å². The summed E-state index contributed by atoms with van der Waals surface area (Å²) >= 11 is 0. The summed E-state index contributed by atoms with van der Waals surface area (Å²) in [6, 6.07) is 11.9. The van der Waals surface area contributed by atoms with Crippen LogP contribution < -0.4 is 20.3 Å². The summed E-state index contributed by atoms with van der Waals surface area (Å²) < 4.78 is 5.10. The number of carbonyl (C=O) groups excluding carboxylic acids is 4. The van der Waals surface area contributed by atoms with Crippen LogP contribution in [0.5, 0.6) is 5.75 Å². The Morgan fingerprint density at radius 1 is 1.09 bits per heavy atom. The van der Waals surface area contributed by atoms with Crippen molar-refractivity contribution in [3.63, 3.8) is 0 Å². The molecule has 0 aromatic heterocycles. The van der Waals surface area contributed by atoms with Crippen molar-refractivity contribution in [1.29, 1.82) is 0 Å². The third-order valence-electron chi connectivity index (χ3n) is 5.85. The maximum atomic E-state index is 13.2. The highest BCUT2D eigenvalue weighted by Crippen LogP contribution is 2.27. The number of rotatable bonds is 5. The lowest BCUT2D eigenvalue weighted by Crippen LogP contribution is -2.53. The van der Waals surface area contributed by atoms with Crippen molar-refractivity contribution in [3.8, 4) is 5.75 Å². The molecule has 2 heterocycles. The fourth-order valence-electron chi connectivity index (χ4n) is 4.12. The molecular formula is C23H24N4O5. The first kappa shape index (κ1) is 21.4. The zero-order valence-electron chi connectivity index (χ0n) is 17.8. The van der Waals surface area contributed by atoms with Gasteiger partial charge in [-0.1, -0.05) is 24.3 Å². The Morgan fingerprint density at radius 3 is 2.44 bits per heavy atom. The molecule has 9 nitrogen and oxygen atoms in total. The Balaban J connectivity index is 1.51. The van der Waals surface area contributed by atoms with Crippen molar-refractivity contribution in [1.82, 2.24) is 15.5 Å². The van der Waals surface area contributed by atoms with Gasteiger partial charge in [0.15, 0.2) is 0 Å². The zero-order chi connectivity index (χ0) is 22.8. The summed E-state index contributed by atoms with van der Waals surface area (Å²) in [6.07, 6.45) is 0.164. The Kier molecular flexibility index (Phi) is 5.81. The molecule has 2 aromatic carbocycles. The molecule has 2 aliphatic rings. The molecule has 166 valence electrons. The number of anilines is 1. The van der Waals surface area contributed by atoms with E-state index in [0.717, 1.165) is 16.0 Å². The number of nitrogens with zero attached hydrogens (tertiary/aromatic N) is 2. The largest absolute Gasteiger partial charge is 0.497 e. The highest BCUT2D eigenvalue weighted by molar-refractivity contribution is 6.22. The molecule has 2 N–H and O–H groups in total. The van der Waals surface area contributed by atoms with Gasteiger partial charge in [0.25, 0.3) is 5.91 Å². The molecule has 2 aliphatic heterocycles. The standard InChI is InChI=1S/C23H24N4O5/c1-24-21(29)19-11-14-5-3-4-6-15(14)13-26(19)20(28)12-18-22(30)27(23(31)25-18)16-7-9-17(32-2)10-8-16/h3-10,18-19H,11-13H2,1-2H3,(H,24,29)(H,25,31)/t18?,19-/m0/s1. The third-order valence-corrected chi connectivity index (χ3v) is 5.85. The molecular weight excluding hydrogens is 412 g/mol. The molecule has 0 bridgehead atoms. The second-order valence-corrected chi connectivity index (χ2v) is 7.70. The fraction of sp³-hybridized carbons (Fsp3) is 0.304. The fourth-order valence-corrected chi connectivity index (χ4v) is 4.12. The molecule has 1 unspecified atom stereocenters. The van der Waals surface area contributed by atoms with Crippen LogP contribution in [0, 0.1) is 0 Å². The Morgan fingerprint density at radius 2 is 1.78 bits per heavy atom. The van der Waals surface area contributed by atoms with Gasteiger partial charge in [0.05, 0.1) is 19.2 Å². The lowest BCUT2D eigenvalue weighted by atomic mass is 9.93. The van der Waals surface area contributed by atoms with Crippen LogP contribution in [0.2, 0.25) is 0 Å². The van der Waals surface area contributed by atoms with Gasteiger partial charge in [-0.3, -0.25) is 14.4 Å². The number of urea groups is 1. The first-order valence-electron chi connectivity index (χ1n) is 10.3. The van der Waals surface area contributed by atoms with Crippen LogP contribution in [-0.4, -0.2) is 54.9 Å².